The maximum atomic E-state index is 13.8. The fraction of sp³-hybridized carbons (Fsp3) is 0.480. The minimum atomic E-state index is -1.27. The lowest BCUT2D eigenvalue weighted by atomic mass is 9.75. The molecule has 0 aliphatic carbocycles. The smallest absolute Gasteiger partial charge is 0.325 e. The van der Waals surface area contributed by atoms with Gasteiger partial charge in [-0.3, -0.25) is 24.3 Å². The number of nitrogens with one attached hydrogen (secondary N) is 1. The monoisotopic (exact) mass is 482 g/mol. The third kappa shape index (κ3) is 4.61. The van der Waals surface area contributed by atoms with Crippen LogP contribution in [0.5, 0.6) is 0 Å². The molecular weight excluding hydrogens is 452 g/mol. The summed E-state index contributed by atoms with van der Waals surface area (Å²) >= 11 is 1.59. The number of urea groups is 1. The highest BCUT2D eigenvalue weighted by Gasteiger charge is 2.58. The highest BCUT2D eigenvalue weighted by molar-refractivity contribution is 7.09. The number of Topliss-reactive ketones (excluding diaryl/α,β-unsaturated/α-hetero) is 1. The number of amides is 4. The lowest BCUT2D eigenvalue weighted by molar-refractivity contribution is -0.146. The largest absolute Gasteiger partial charge is 0.336 e. The molecule has 0 spiro atoms. The summed E-state index contributed by atoms with van der Waals surface area (Å²) in [5.41, 5.74) is -0.766. The summed E-state index contributed by atoms with van der Waals surface area (Å²) in [7, 11) is 0. The van der Waals surface area contributed by atoms with Crippen molar-refractivity contribution in [2.45, 2.75) is 45.1 Å². The van der Waals surface area contributed by atoms with Crippen molar-refractivity contribution in [1.82, 2.24) is 20.1 Å². The predicted molar refractivity (Wildman–Crippen MR) is 128 cm³/mol. The molecule has 1 N–H and O–H groups in total. The van der Waals surface area contributed by atoms with Crippen molar-refractivity contribution in [1.29, 1.82) is 0 Å². The first kappa shape index (κ1) is 24.1. The summed E-state index contributed by atoms with van der Waals surface area (Å²) in [5.74, 6) is -1.26. The molecule has 0 radical (unpaired) electrons. The lowest BCUT2D eigenvalue weighted by Crippen LogP contribution is -2.55. The van der Waals surface area contributed by atoms with Gasteiger partial charge in [-0.25, -0.2) is 4.79 Å². The Bertz CT molecular complexity index is 1050. The van der Waals surface area contributed by atoms with Gasteiger partial charge in [0.25, 0.3) is 11.8 Å². The molecule has 0 aromatic carbocycles. The van der Waals surface area contributed by atoms with Crippen molar-refractivity contribution < 1.29 is 19.2 Å². The van der Waals surface area contributed by atoms with Crippen LogP contribution in [0.4, 0.5) is 4.79 Å². The van der Waals surface area contributed by atoms with Crippen LogP contribution in [0.2, 0.25) is 0 Å². The summed E-state index contributed by atoms with van der Waals surface area (Å²) in [5, 5.41) is 4.96. The van der Waals surface area contributed by atoms with E-state index in [-0.39, 0.29) is 29.9 Å². The number of piperidine rings is 1. The highest BCUT2D eigenvalue weighted by atomic mass is 32.1. The van der Waals surface area contributed by atoms with Gasteiger partial charge in [0.15, 0.2) is 5.54 Å². The zero-order chi connectivity index (χ0) is 24.3. The second-order valence-electron chi connectivity index (χ2n) is 9.33. The second-order valence-corrected chi connectivity index (χ2v) is 10.4. The minimum absolute atomic E-state index is 0.118. The molecule has 2 aliphatic rings. The van der Waals surface area contributed by atoms with Crippen LogP contribution in [0, 0.1) is 11.8 Å². The molecule has 9 heteroatoms. The molecule has 2 aromatic heterocycles. The van der Waals surface area contributed by atoms with Crippen LogP contribution in [0.1, 0.15) is 43.7 Å². The number of likely N-dealkylation sites (tertiary alicyclic amines) is 1. The van der Waals surface area contributed by atoms with E-state index in [1.807, 2.05) is 31.4 Å². The molecule has 1 atom stereocenters. The number of imide groups is 1. The van der Waals surface area contributed by atoms with Crippen molar-refractivity contribution in [3.63, 3.8) is 0 Å². The van der Waals surface area contributed by atoms with Crippen LogP contribution < -0.4 is 5.32 Å². The first-order valence-corrected chi connectivity index (χ1v) is 12.6. The first-order chi connectivity index (χ1) is 16.3. The SMILES string of the molecule is CC(C)CC(=O)C(=O)N1CCC([C@]2(c3ccccn3)NC(=O)N(CCc3cccs3)C2=O)CC1. The Morgan fingerprint density at radius 1 is 1.18 bits per heavy atom. The maximum Gasteiger partial charge on any atom is 0.325 e. The molecule has 180 valence electrons. The van der Waals surface area contributed by atoms with Gasteiger partial charge in [-0.2, -0.15) is 0 Å². The van der Waals surface area contributed by atoms with E-state index < -0.39 is 17.5 Å². The summed E-state index contributed by atoms with van der Waals surface area (Å²) in [4.78, 5) is 60.1. The average molecular weight is 483 g/mol. The van der Waals surface area contributed by atoms with Crippen molar-refractivity contribution in [3.05, 3.63) is 52.5 Å². The van der Waals surface area contributed by atoms with Gasteiger partial charge in [0.1, 0.15) is 0 Å². The number of pyridine rings is 1. The van der Waals surface area contributed by atoms with Crippen LogP contribution in [-0.2, 0) is 26.3 Å². The van der Waals surface area contributed by atoms with Crippen LogP contribution in [-0.4, -0.2) is 58.0 Å². The molecule has 34 heavy (non-hydrogen) atoms. The van der Waals surface area contributed by atoms with Crippen molar-refractivity contribution in [2.75, 3.05) is 19.6 Å². The molecule has 4 heterocycles. The second kappa shape index (κ2) is 10.0. The Balaban J connectivity index is 1.54. The molecule has 2 saturated heterocycles. The number of carbonyl (C=O) groups excluding carboxylic acids is 4. The van der Waals surface area contributed by atoms with Gasteiger partial charge < -0.3 is 10.2 Å². The minimum Gasteiger partial charge on any atom is -0.336 e. The van der Waals surface area contributed by atoms with Gasteiger partial charge in [-0.15, -0.1) is 11.3 Å². The number of rotatable bonds is 8. The Hall–Kier alpha value is -3.07. The molecular formula is C25H30N4O4S. The van der Waals surface area contributed by atoms with Gasteiger partial charge in [-0.1, -0.05) is 26.0 Å². The highest BCUT2D eigenvalue weighted by Crippen LogP contribution is 2.40. The molecule has 4 amide bonds. The quantitative estimate of drug-likeness (QED) is 0.461. The molecule has 2 fully saturated rings. The van der Waals surface area contributed by atoms with Gasteiger partial charge >= 0.3 is 6.03 Å². The lowest BCUT2D eigenvalue weighted by Gasteiger charge is -2.40. The normalized spacial score (nSPS) is 21.3. The van der Waals surface area contributed by atoms with Crippen molar-refractivity contribution in [3.8, 4) is 0 Å². The molecule has 4 rings (SSSR count). The van der Waals surface area contributed by atoms with E-state index in [9.17, 15) is 19.2 Å². The standard InChI is InChI=1S/C25H30N4O4S/c1-17(2)16-20(30)22(31)28-12-8-18(9-13-28)25(21-7-3-4-11-26-21)23(32)29(24(33)27-25)14-10-19-6-5-15-34-19/h3-7,11,15,17-18H,8-10,12-14,16H2,1-2H3,(H,27,33)/t25-/m1/s1. The van der Waals surface area contributed by atoms with Gasteiger partial charge in [0.2, 0.25) is 5.78 Å². The number of nitrogens with zero attached hydrogens (tertiary/aromatic N) is 3. The molecule has 0 saturated carbocycles. The van der Waals surface area contributed by atoms with Gasteiger partial charge in [0, 0.05) is 43.0 Å². The van der Waals surface area contributed by atoms with E-state index in [4.69, 9.17) is 0 Å². The van der Waals surface area contributed by atoms with Crippen LogP contribution in [0.25, 0.3) is 0 Å². The number of aromatic nitrogens is 1. The van der Waals surface area contributed by atoms with E-state index in [0.717, 1.165) is 4.88 Å². The molecule has 2 aromatic rings. The van der Waals surface area contributed by atoms with Gasteiger partial charge in [0.05, 0.1) is 5.69 Å². The summed E-state index contributed by atoms with van der Waals surface area (Å²) in [6.45, 7) is 4.83. The number of ketones is 1. The summed E-state index contributed by atoms with van der Waals surface area (Å²) < 4.78 is 0. The van der Waals surface area contributed by atoms with E-state index >= 15 is 0 Å². The predicted octanol–water partition coefficient (Wildman–Crippen LogP) is 2.99. The number of carbonyl (C=O) groups is 4. The fourth-order valence-corrected chi connectivity index (χ4v) is 5.58. The van der Waals surface area contributed by atoms with Gasteiger partial charge in [-0.05, 0) is 48.8 Å². The number of hydrogen-bond acceptors (Lipinski definition) is 6. The Morgan fingerprint density at radius 3 is 2.56 bits per heavy atom. The zero-order valence-corrected chi connectivity index (χ0v) is 20.3. The van der Waals surface area contributed by atoms with Crippen LogP contribution >= 0.6 is 11.3 Å². The van der Waals surface area contributed by atoms with E-state index in [0.29, 0.717) is 44.6 Å². The molecule has 0 unspecified atom stereocenters. The number of thiophene rings is 1. The average Bonchev–Trinajstić information content (AvgIpc) is 3.44. The van der Waals surface area contributed by atoms with Crippen molar-refractivity contribution in [2.24, 2.45) is 11.8 Å². The van der Waals surface area contributed by atoms with Crippen LogP contribution in [0.15, 0.2) is 41.9 Å². The zero-order valence-electron chi connectivity index (χ0n) is 19.5. The fourth-order valence-electron chi connectivity index (χ4n) is 4.88. The Morgan fingerprint density at radius 2 is 1.94 bits per heavy atom. The first-order valence-electron chi connectivity index (χ1n) is 11.7. The van der Waals surface area contributed by atoms with E-state index in [1.165, 1.54) is 4.90 Å². The number of hydrogen-bond donors (Lipinski definition) is 1. The molecule has 2 aliphatic heterocycles. The Kier molecular flexibility index (Phi) is 7.11. The van der Waals surface area contributed by atoms with Crippen LogP contribution in [0.3, 0.4) is 0 Å². The van der Waals surface area contributed by atoms with Crippen molar-refractivity contribution >= 4 is 35.0 Å². The van der Waals surface area contributed by atoms with E-state index in [2.05, 4.69) is 10.3 Å². The summed E-state index contributed by atoms with van der Waals surface area (Å²) in [6.07, 6.45) is 3.42. The third-order valence-electron chi connectivity index (χ3n) is 6.59. The summed E-state index contributed by atoms with van der Waals surface area (Å²) in [6, 6.07) is 8.87. The Labute approximate surface area is 203 Å². The molecule has 8 nitrogen and oxygen atoms in total. The molecule has 0 bridgehead atoms. The third-order valence-corrected chi connectivity index (χ3v) is 7.53. The van der Waals surface area contributed by atoms with E-state index in [1.54, 1.807) is 40.6 Å². The maximum absolute atomic E-state index is 13.8. The topological polar surface area (TPSA) is 99.7 Å².